The van der Waals surface area contributed by atoms with E-state index in [0.29, 0.717) is 5.69 Å². The minimum Gasteiger partial charge on any atom is -0.322 e. The number of anilines is 1. The normalized spacial score (nSPS) is 12.5. The number of carbonyl (C=O) groups excluding carboxylic acids is 1. The summed E-state index contributed by atoms with van der Waals surface area (Å²) in [5.74, 6) is -0.193. The standard InChI is InChI=1S/C9H16N4O/c1-3-4-13-6-8(5-11-13)12-9(14)7(2)10/h5-7H,3-4,10H2,1-2H3,(H,12,14)/t7-/m1/s1. The number of aromatic nitrogens is 2. The predicted octanol–water partition coefficient (Wildman–Crippen LogP) is 0.579. The molecule has 0 aliphatic carbocycles. The number of aryl methyl sites for hydroxylation is 1. The fourth-order valence-electron chi connectivity index (χ4n) is 1.04. The second-order valence-corrected chi connectivity index (χ2v) is 3.27. The third-order valence-corrected chi connectivity index (χ3v) is 1.77. The number of hydrogen-bond donors (Lipinski definition) is 2. The summed E-state index contributed by atoms with van der Waals surface area (Å²) in [4.78, 5) is 11.2. The lowest BCUT2D eigenvalue weighted by molar-refractivity contribution is -0.117. The van der Waals surface area contributed by atoms with Crippen molar-refractivity contribution in [3.8, 4) is 0 Å². The Labute approximate surface area is 83.3 Å². The molecule has 1 aromatic heterocycles. The second-order valence-electron chi connectivity index (χ2n) is 3.27. The van der Waals surface area contributed by atoms with Gasteiger partial charge in [-0.2, -0.15) is 5.10 Å². The number of amides is 1. The van der Waals surface area contributed by atoms with E-state index in [1.165, 1.54) is 0 Å². The molecule has 1 aromatic rings. The Kier molecular flexibility index (Phi) is 3.64. The highest BCUT2D eigenvalue weighted by atomic mass is 16.2. The van der Waals surface area contributed by atoms with E-state index >= 15 is 0 Å². The van der Waals surface area contributed by atoms with Gasteiger partial charge in [-0.15, -0.1) is 0 Å². The molecule has 14 heavy (non-hydrogen) atoms. The lowest BCUT2D eigenvalue weighted by Gasteiger charge is -2.04. The Bertz CT molecular complexity index is 306. The van der Waals surface area contributed by atoms with Gasteiger partial charge in [-0.25, -0.2) is 0 Å². The van der Waals surface area contributed by atoms with Crippen molar-refractivity contribution in [2.45, 2.75) is 32.9 Å². The molecule has 0 saturated heterocycles. The molecular formula is C9H16N4O. The molecule has 0 aliphatic heterocycles. The maximum Gasteiger partial charge on any atom is 0.241 e. The van der Waals surface area contributed by atoms with Crippen LogP contribution in [0.25, 0.3) is 0 Å². The number of carbonyl (C=O) groups is 1. The fraction of sp³-hybridized carbons (Fsp3) is 0.556. The second kappa shape index (κ2) is 4.76. The molecule has 1 rings (SSSR count). The Morgan fingerprint density at radius 3 is 3.07 bits per heavy atom. The average Bonchev–Trinajstić information content (AvgIpc) is 2.53. The van der Waals surface area contributed by atoms with Gasteiger partial charge in [0.25, 0.3) is 0 Å². The van der Waals surface area contributed by atoms with Crippen molar-refractivity contribution < 1.29 is 4.79 Å². The lowest BCUT2D eigenvalue weighted by Crippen LogP contribution is -2.32. The number of nitrogens with zero attached hydrogens (tertiary/aromatic N) is 2. The first kappa shape index (κ1) is 10.7. The first-order valence-electron chi connectivity index (χ1n) is 4.72. The van der Waals surface area contributed by atoms with Crippen molar-refractivity contribution in [2.24, 2.45) is 5.73 Å². The molecule has 0 unspecified atom stereocenters. The van der Waals surface area contributed by atoms with Crippen molar-refractivity contribution in [1.82, 2.24) is 9.78 Å². The maximum absolute atomic E-state index is 11.2. The highest BCUT2D eigenvalue weighted by Gasteiger charge is 2.08. The zero-order valence-electron chi connectivity index (χ0n) is 8.53. The van der Waals surface area contributed by atoms with Gasteiger partial charge in [0.15, 0.2) is 0 Å². The lowest BCUT2D eigenvalue weighted by atomic mass is 10.3. The van der Waals surface area contributed by atoms with E-state index in [9.17, 15) is 4.79 Å². The smallest absolute Gasteiger partial charge is 0.241 e. The number of nitrogens with one attached hydrogen (secondary N) is 1. The summed E-state index contributed by atoms with van der Waals surface area (Å²) in [7, 11) is 0. The fourth-order valence-corrected chi connectivity index (χ4v) is 1.04. The van der Waals surface area contributed by atoms with E-state index in [-0.39, 0.29) is 5.91 Å². The van der Waals surface area contributed by atoms with Crippen LogP contribution in [0.1, 0.15) is 20.3 Å². The Hall–Kier alpha value is -1.36. The van der Waals surface area contributed by atoms with Crippen molar-refractivity contribution >= 4 is 11.6 Å². The Morgan fingerprint density at radius 2 is 2.50 bits per heavy atom. The predicted molar refractivity (Wildman–Crippen MR) is 54.8 cm³/mol. The van der Waals surface area contributed by atoms with E-state index in [0.717, 1.165) is 13.0 Å². The maximum atomic E-state index is 11.2. The van der Waals surface area contributed by atoms with Crippen LogP contribution in [0.15, 0.2) is 12.4 Å². The third-order valence-electron chi connectivity index (χ3n) is 1.77. The molecule has 0 saturated carbocycles. The molecule has 0 bridgehead atoms. The van der Waals surface area contributed by atoms with Gasteiger partial charge in [-0.1, -0.05) is 6.92 Å². The largest absolute Gasteiger partial charge is 0.322 e. The molecule has 1 atom stereocenters. The first-order chi connectivity index (χ1) is 6.63. The van der Waals surface area contributed by atoms with Crippen LogP contribution in [0.3, 0.4) is 0 Å². The number of nitrogens with two attached hydrogens (primary N) is 1. The number of hydrogen-bond acceptors (Lipinski definition) is 3. The van der Waals surface area contributed by atoms with Crippen LogP contribution in [-0.2, 0) is 11.3 Å². The van der Waals surface area contributed by atoms with Crippen molar-refractivity contribution in [1.29, 1.82) is 0 Å². The molecule has 0 spiro atoms. The van der Waals surface area contributed by atoms with Crippen molar-refractivity contribution in [3.05, 3.63) is 12.4 Å². The van der Waals surface area contributed by atoms with Crippen LogP contribution in [-0.4, -0.2) is 21.7 Å². The molecule has 5 heteroatoms. The van der Waals surface area contributed by atoms with Crippen LogP contribution in [0, 0.1) is 0 Å². The molecule has 1 heterocycles. The van der Waals surface area contributed by atoms with Gasteiger partial charge in [0, 0.05) is 12.7 Å². The first-order valence-corrected chi connectivity index (χ1v) is 4.72. The molecule has 1 amide bonds. The van der Waals surface area contributed by atoms with Gasteiger partial charge >= 0.3 is 0 Å². The van der Waals surface area contributed by atoms with Crippen LogP contribution in [0.2, 0.25) is 0 Å². The number of rotatable bonds is 4. The summed E-state index contributed by atoms with van der Waals surface area (Å²) in [5.41, 5.74) is 6.11. The Morgan fingerprint density at radius 1 is 1.79 bits per heavy atom. The van der Waals surface area contributed by atoms with Crippen molar-refractivity contribution in [3.63, 3.8) is 0 Å². The summed E-state index contributed by atoms with van der Waals surface area (Å²) in [5, 5.41) is 6.75. The summed E-state index contributed by atoms with van der Waals surface area (Å²) in [6.45, 7) is 4.57. The van der Waals surface area contributed by atoms with E-state index in [4.69, 9.17) is 5.73 Å². The molecule has 3 N–H and O–H groups in total. The molecule has 0 aromatic carbocycles. The van der Waals surface area contributed by atoms with Crippen LogP contribution < -0.4 is 11.1 Å². The monoisotopic (exact) mass is 196 g/mol. The SMILES string of the molecule is CCCn1cc(NC(=O)[C@@H](C)N)cn1. The van der Waals surface area contributed by atoms with E-state index in [2.05, 4.69) is 17.3 Å². The quantitative estimate of drug-likeness (QED) is 0.739. The van der Waals surface area contributed by atoms with E-state index in [1.807, 2.05) is 0 Å². The summed E-state index contributed by atoms with van der Waals surface area (Å²) < 4.78 is 1.79. The molecule has 0 radical (unpaired) electrons. The van der Waals surface area contributed by atoms with Crippen molar-refractivity contribution in [2.75, 3.05) is 5.32 Å². The van der Waals surface area contributed by atoms with Gasteiger partial charge in [-0.3, -0.25) is 9.48 Å². The zero-order chi connectivity index (χ0) is 10.6. The third kappa shape index (κ3) is 2.85. The average molecular weight is 196 g/mol. The van der Waals surface area contributed by atoms with E-state index in [1.54, 1.807) is 24.0 Å². The van der Waals surface area contributed by atoms with Gasteiger partial charge in [0.1, 0.15) is 0 Å². The van der Waals surface area contributed by atoms with Crippen LogP contribution in [0.4, 0.5) is 5.69 Å². The zero-order valence-corrected chi connectivity index (χ0v) is 8.53. The molecular weight excluding hydrogens is 180 g/mol. The highest BCUT2D eigenvalue weighted by Crippen LogP contribution is 2.05. The van der Waals surface area contributed by atoms with Crippen LogP contribution >= 0.6 is 0 Å². The summed E-state index contributed by atoms with van der Waals surface area (Å²) >= 11 is 0. The van der Waals surface area contributed by atoms with Gasteiger partial charge < -0.3 is 11.1 Å². The molecule has 78 valence electrons. The van der Waals surface area contributed by atoms with Gasteiger partial charge in [0.05, 0.1) is 17.9 Å². The minimum absolute atomic E-state index is 0.193. The van der Waals surface area contributed by atoms with Gasteiger partial charge in [-0.05, 0) is 13.3 Å². The minimum atomic E-state index is -0.496. The summed E-state index contributed by atoms with van der Waals surface area (Å²) in [6, 6.07) is -0.496. The summed E-state index contributed by atoms with van der Waals surface area (Å²) in [6.07, 6.45) is 4.43. The molecule has 0 fully saturated rings. The molecule has 5 nitrogen and oxygen atoms in total. The highest BCUT2D eigenvalue weighted by molar-refractivity contribution is 5.94. The Balaban J connectivity index is 2.55. The van der Waals surface area contributed by atoms with Gasteiger partial charge in [0.2, 0.25) is 5.91 Å². The molecule has 0 aliphatic rings. The topological polar surface area (TPSA) is 72.9 Å². The van der Waals surface area contributed by atoms with E-state index < -0.39 is 6.04 Å². The van der Waals surface area contributed by atoms with Crippen LogP contribution in [0.5, 0.6) is 0 Å².